The maximum Gasteiger partial charge on any atom is 0.355 e. The first-order valence-electron chi connectivity index (χ1n) is 13.3. The molecule has 208 valence electrons. The van der Waals surface area contributed by atoms with E-state index < -0.39 is 11.6 Å². The summed E-state index contributed by atoms with van der Waals surface area (Å²) in [5, 5.41) is 0. The molecule has 1 aromatic heterocycles. The lowest BCUT2D eigenvalue weighted by Crippen LogP contribution is -2.25. The predicted octanol–water partition coefficient (Wildman–Crippen LogP) is 4.91. The summed E-state index contributed by atoms with van der Waals surface area (Å²) in [7, 11) is 0. The summed E-state index contributed by atoms with van der Waals surface area (Å²) in [5.41, 5.74) is 3.61. The second kappa shape index (κ2) is 13.3. The van der Waals surface area contributed by atoms with Crippen LogP contribution in [0.4, 0.5) is 0 Å². The molecule has 38 heavy (non-hydrogen) atoms. The Morgan fingerprint density at radius 1 is 0.816 bits per heavy atom. The monoisotopic (exact) mass is 529 g/mol. The van der Waals surface area contributed by atoms with Gasteiger partial charge in [0.15, 0.2) is 0 Å². The number of rotatable bonds is 13. The minimum absolute atomic E-state index is 0.240. The fourth-order valence-electron chi connectivity index (χ4n) is 4.30. The molecule has 0 radical (unpaired) electrons. The highest BCUT2D eigenvalue weighted by Crippen LogP contribution is 2.40. The lowest BCUT2D eigenvalue weighted by Gasteiger charge is -2.24. The van der Waals surface area contributed by atoms with Crippen molar-refractivity contribution in [3.05, 3.63) is 46.3 Å². The van der Waals surface area contributed by atoms with Crippen molar-refractivity contribution in [2.75, 3.05) is 26.4 Å². The summed E-state index contributed by atoms with van der Waals surface area (Å²) in [6.45, 7) is 10.5. The van der Waals surface area contributed by atoms with Crippen LogP contribution in [0.3, 0.4) is 0 Å². The highest BCUT2D eigenvalue weighted by atomic mass is 16.6. The molecule has 1 heterocycles. The summed E-state index contributed by atoms with van der Waals surface area (Å²) in [4.78, 5) is 39.3. The molecule has 0 bridgehead atoms. The van der Waals surface area contributed by atoms with Gasteiger partial charge in [0.05, 0.1) is 26.4 Å². The van der Waals surface area contributed by atoms with E-state index >= 15 is 0 Å². The molecule has 1 aliphatic rings. The Bertz CT molecular complexity index is 1130. The second-order valence-electron chi connectivity index (χ2n) is 10.1. The van der Waals surface area contributed by atoms with Gasteiger partial charge in [-0.25, -0.2) is 4.79 Å². The molecule has 1 aromatic carbocycles. The zero-order chi connectivity index (χ0) is 27.7. The number of hydrogen-bond donors (Lipinski definition) is 1. The Labute approximate surface area is 224 Å². The Morgan fingerprint density at radius 2 is 1.34 bits per heavy atom. The van der Waals surface area contributed by atoms with Crippen molar-refractivity contribution >= 4 is 17.9 Å². The summed E-state index contributed by atoms with van der Waals surface area (Å²) < 4.78 is 27.8. The Morgan fingerprint density at radius 3 is 1.84 bits per heavy atom. The molecule has 3 rings (SSSR count). The number of esters is 3. The smallest absolute Gasteiger partial charge is 0.355 e. The SMILES string of the molecule is CCOC(=O)CCCOc1ccc(OCCCC(=O)OCC)c2c1Cc1c[nH]c(C(=O)OC(C)(C)C)c1C2. The number of benzene rings is 1. The molecule has 0 atom stereocenters. The Balaban J connectivity index is 1.79. The lowest BCUT2D eigenvalue weighted by molar-refractivity contribution is -0.144. The number of aromatic amines is 1. The van der Waals surface area contributed by atoms with Gasteiger partial charge in [-0.15, -0.1) is 0 Å². The molecule has 0 unspecified atom stereocenters. The fourth-order valence-corrected chi connectivity index (χ4v) is 4.30. The zero-order valence-electron chi connectivity index (χ0n) is 23.1. The van der Waals surface area contributed by atoms with E-state index in [2.05, 4.69) is 4.98 Å². The van der Waals surface area contributed by atoms with Crippen LogP contribution in [0.2, 0.25) is 0 Å². The number of nitrogens with one attached hydrogen (secondary N) is 1. The number of carbonyl (C=O) groups is 3. The molecular weight excluding hydrogens is 490 g/mol. The van der Waals surface area contributed by atoms with Crippen molar-refractivity contribution in [1.82, 2.24) is 4.98 Å². The van der Waals surface area contributed by atoms with Gasteiger partial charge in [0.1, 0.15) is 22.8 Å². The topological polar surface area (TPSA) is 113 Å². The minimum atomic E-state index is -0.612. The van der Waals surface area contributed by atoms with Crippen molar-refractivity contribution in [2.24, 2.45) is 0 Å². The Kier molecular flexibility index (Phi) is 10.2. The third kappa shape index (κ3) is 8.00. The fraction of sp³-hybridized carbons (Fsp3) is 0.552. The minimum Gasteiger partial charge on any atom is -0.493 e. The molecule has 9 heteroatoms. The van der Waals surface area contributed by atoms with Gasteiger partial charge in [-0.05, 0) is 70.7 Å². The van der Waals surface area contributed by atoms with Crippen LogP contribution in [0.5, 0.6) is 11.5 Å². The quantitative estimate of drug-likeness (QED) is 0.189. The molecule has 0 saturated heterocycles. The lowest BCUT2D eigenvalue weighted by atomic mass is 9.86. The van der Waals surface area contributed by atoms with Gasteiger partial charge in [-0.2, -0.15) is 0 Å². The van der Waals surface area contributed by atoms with Crippen molar-refractivity contribution in [3.63, 3.8) is 0 Å². The highest BCUT2D eigenvalue weighted by Gasteiger charge is 2.30. The molecule has 0 spiro atoms. The van der Waals surface area contributed by atoms with Crippen molar-refractivity contribution in [2.45, 2.75) is 78.7 Å². The molecule has 2 aromatic rings. The average molecular weight is 530 g/mol. The van der Waals surface area contributed by atoms with Crippen LogP contribution in [0, 0.1) is 0 Å². The average Bonchev–Trinajstić information content (AvgIpc) is 3.26. The van der Waals surface area contributed by atoms with Gasteiger partial charge in [0, 0.05) is 43.0 Å². The molecule has 9 nitrogen and oxygen atoms in total. The van der Waals surface area contributed by atoms with E-state index in [0.29, 0.717) is 75.7 Å². The van der Waals surface area contributed by atoms with E-state index in [1.807, 2.05) is 39.1 Å². The van der Waals surface area contributed by atoms with Gasteiger partial charge < -0.3 is 28.7 Å². The standard InChI is InChI=1S/C29H39NO8/c1-6-34-25(31)10-8-14-36-23-12-13-24(37-15-9-11-26(32)35-7-2)22-17-20-19(16-21(22)23)18-30-27(20)28(33)38-29(3,4)5/h12-13,18,30H,6-11,14-17H2,1-5H3. The maximum atomic E-state index is 12.9. The van der Waals surface area contributed by atoms with E-state index in [1.54, 1.807) is 13.8 Å². The van der Waals surface area contributed by atoms with Crippen molar-refractivity contribution in [3.8, 4) is 11.5 Å². The molecule has 0 saturated carbocycles. The first-order chi connectivity index (χ1) is 18.1. The van der Waals surface area contributed by atoms with E-state index in [-0.39, 0.29) is 18.4 Å². The summed E-state index contributed by atoms with van der Waals surface area (Å²) in [5.74, 6) is 0.517. The van der Waals surface area contributed by atoms with Crippen LogP contribution in [0.1, 0.15) is 93.0 Å². The molecular formula is C29H39NO8. The summed E-state index contributed by atoms with van der Waals surface area (Å²) >= 11 is 0. The predicted molar refractivity (Wildman–Crippen MR) is 141 cm³/mol. The third-order valence-electron chi connectivity index (χ3n) is 5.93. The largest absolute Gasteiger partial charge is 0.493 e. The van der Waals surface area contributed by atoms with Crippen LogP contribution >= 0.6 is 0 Å². The number of aromatic nitrogens is 1. The number of fused-ring (bicyclic) bond motifs is 2. The Hall–Kier alpha value is -3.49. The number of H-pyrrole nitrogens is 1. The molecule has 0 amide bonds. The van der Waals surface area contributed by atoms with Gasteiger partial charge >= 0.3 is 17.9 Å². The summed E-state index contributed by atoms with van der Waals surface area (Å²) in [6.07, 6.45) is 4.50. The van der Waals surface area contributed by atoms with Gasteiger partial charge in [0.2, 0.25) is 0 Å². The molecule has 0 aliphatic heterocycles. The van der Waals surface area contributed by atoms with Gasteiger partial charge in [0.25, 0.3) is 0 Å². The van der Waals surface area contributed by atoms with Crippen LogP contribution in [0.25, 0.3) is 0 Å². The van der Waals surface area contributed by atoms with Crippen LogP contribution in [-0.4, -0.2) is 54.9 Å². The summed E-state index contributed by atoms with van der Waals surface area (Å²) in [6, 6.07) is 3.73. The van der Waals surface area contributed by atoms with Crippen LogP contribution in [0.15, 0.2) is 18.3 Å². The van der Waals surface area contributed by atoms with E-state index in [1.165, 1.54) is 0 Å². The molecule has 1 aliphatic carbocycles. The number of ether oxygens (including phenoxy) is 5. The first kappa shape index (κ1) is 29.1. The number of hydrogen-bond acceptors (Lipinski definition) is 8. The maximum absolute atomic E-state index is 12.9. The van der Waals surface area contributed by atoms with Gasteiger partial charge in [-0.3, -0.25) is 9.59 Å². The molecule has 1 N–H and O–H groups in total. The van der Waals surface area contributed by atoms with Gasteiger partial charge in [-0.1, -0.05) is 0 Å². The zero-order valence-corrected chi connectivity index (χ0v) is 23.1. The highest BCUT2D eigenvalue weighted by molar-refractivity contribution is 5.90. The first-order valence-corrected chi connectivity index (χ1v) is 13.3. The number of carbonyl (C=O) groups excluding carboxylic acids is 3. The normalized spacial score (nSPS) is 12.2. The van der Waals surface area contributed by atoms with Crippen LogP contribution in [-0.2, 0) is 36.6 Å². The van der Waals surface area contributed by atoms with E-state index in [9.17, 15) is 14.4 Å². The van der Waals surface area contributed by atoms with E-state index in [4.69, 9.17) is 23.7 Å². The second-order valence-corrected chi connectivity index (χ2v) is 10.1. The van der Waals surface area contributed by atoms with Crippen LogP contribution < -0.4 is 9.47 Å². The van der Waals surface area contributed by atoms with E-state index in [0.717, 1.165) is 22.3 Å². The van der Waals surface area contributed by atoms with Crippen molar-refractivity contribution < 1.29 is 38.1 Å². The third-order valence-corrected chi connectivity index (χ3v) is 5.93. The van der Waals surface area contributed by atoms with Crippen molar-refractivity contribution in [1.29, 1.82) is 0 Å². The molecule has 0 fully saturated rings.